The Morgan fingerprint density at radius 3 is 1.65 bits per heavy atom. The molecule has 0 radical (unpaired) electrons. The standard InChI is InChI=1S/C22H38O3S/c1-2-3-4-5-6-7-8-9-10-11-12-13-14-15-17-21-18-16-19-22(20-21)26(23,24)25/h16,18-20H,2-15,17H2,1H3,(H,23,24,25). The molecule has 0 bridgehead atoms. The number of unbranched alkanes of at least 4 members (excludes halogenated alkanes) is 13. The molecule has 3 nitrogen and oxygen atoms in total. The quantitative estimate of drug-likeness (QED) is 0.248. The zero-order chi connectivity index (χ0) is 19.1. The SMILES string of the molecule is CCCCCCCCCCCCCCCCc1cccc(S(=O)(=O)O)c1. The first-order chi connectivity index (χ1) is 12.5. The first kappa shape index (κ1) is 23.2. The van der Waals surface area contributed by atoms with E-state index in [1.165, 1.54) is 89.5 Å². The van der Waals surface area contributed by atoms with Crippen LogP contribution in [-0.4, -0.2) is 13.0 Å². The summed E-state index contributed by atoms with van der Waals surface area (Å²) in [7, 11) is -4.08. The third-order valence-corrected chi connectivity index (χ3v) is 5.86. The molecule has 0 spiro atoms. The molecule has 1 rings (SSSR count). The summed E-state index contributed by atoms with van der Waals surface area (Å²) in [4.78, 5) is 0.000337. The van der Waals surface area contributed by atoms with Crippen LogP contribution in [0.25, 0.3) is 0 Å². The van der Waals surface area contributed by atoms with E-state index in [4.69, 9.17) is 4.55 Å². The molecule has 0 heterocycles. The van der Waals surface area contributed by atoms with Gasteiger partial charge in [-0.15, -0.1) is 0 Å². The van der Waals surface area contributed by atoms with E-state index in [0.717, 1.165) is 18.4 Å². The molecule has 0 amide bonds. The molecule has 0 saturated carbocycles. The lowest BCUT2D eigenvalue weighted by Crippen LogP contribution is -1.98. The number of benzene rings is 1. The summed E-state index contributed by atoms with van der Waals surface area (Å²) in [5, 5.41) is 0. The average Bonchev–Trinajstić information content (AvgIpc) is 2.61. The maximum Gasteiger partial charge on any atom is 0.294 e. The minimum Gasteiger partial charge on any atom is -0.282 e. The van der Waals surface area contributed by atoms with Crippen LogP contribution in [0.5, 0.6) is 0 Å². The lowest BCUT2D eigenvalue weighted by atomic mass is 10.0. The monoisotopic (exact) mass is 382 g/mol. The summed E-state index contributed by atoms with van der Waals surface area (Å²) in [5.41, 5.74) is 0.985. The molecule has 0 saturated heterocycles. The van der Waals surface area contributed by atoms with Crippen LogP contribution in [0.15, 0.2) is 29.2 Å². The first-order valence-corrected chi connectivity index (χ1v) is 12.0. The van der Waals surface area contributed by atoms with Crippen molar-refractivity contribution in [2.75, 3.05) is 0 Å². The van der Waals surface area contributed by atoms with Gasteiger partial charge in [-0.3, -0.25) is 4.55 Å². The Bertz CT molecular complexity index is 567. The molecule has 26 heavy (non-hydrogen) atoms. The van der Waals surface area contributed by atoms with E-state index < -0.39 is 10.1 Å². The Hall–Kier alpha value is -0.870. The van der Waals surface area contributed by atoms with Gasteiger partial charge in [-0.05, 0) is 30.5 Å². The van der Waals surface area contributed by atoms with Gasteiger partial charge in [0.1, 0.15) is 0 Å². The van der Waals surface area contributed by atoms with E-state index in [2.05, 4.69) is 6.92 Å². The van der Waals surface area contributed by atoms with Gasteiger partial charge in [0.25, 0.3) is 10.1 Å². The summed E-state index contributed by atoms with van der Waals surface area (Å²) in [5.74, 6) is 0. The Morgan fingerprint density at radius 1 is 0.731 bits per heavy atom. The largest absolute Gasteiger partial charge is 0.294 e. The van der Waals surface area contributed by atoms with E-state index in [1.54, 1.807) is 12.1 Å². The second kappa shape index (κ2) is 14.2. The van der Waals surface area contributed by atoms with Crippen LogP contribution in [0.2, 0.25) is 0 Å². The molecular weight excluding hydrogens is 344 g/mol. The average molecular weight is 383 g/mol. The van der Waals surface area contributed by atoms with Gasteiger partial charge in [0.05, 0.1) is 4.90 Å². The van der Waals surface area contributed by atoms with Gasteiger partial charge >= 0.3 is 0 Å². The molecule has 0 unspecified atom stereocenters. The fourth-order valence-electron chi connectivity index (χ4n) is 3.39. The molecule has 1 aromatic rings. The summed E-state index contributed by atoms with van der Waals surface area (Å²) in [6, 6.07) is 6.64. The number of hydrogen-bond donors (Lipinski definition) is 1. The van der Waals surface area contributed by atoms with Crippen molar-refractivity contribution < 1.29 is 13.0 Å². The zero-order valence-corrected chi connectivity index (χ0v) is 17.4. The second-order valence-electron chi connectivity index (χ2n) is 7.47. The fourth-order valence-corrected chi connectivity index (χ4v) is 3.94. The van der Waals surface area contributed by atoms with Crippen molar-refractivity contribution in [1.29, 1.82) is 0 Å². The minimum atomic E-state index is -4.08. The summed E-state index contributed by atoms with van der Waals surface area (Å²) in [6.07, 6.45) is 19.6. The topological polar surface area (TPSA) is 54.4 Å². The summed E-state index contributed by atoms with van der Waals surface area (Å²) >= 11 is 0. The van der Waals surface area contributed by atoms with Gasteiger partial charge in [0, 0.05) is 0 Å². The number of hydrogen-bond acceptors (Lipinski definition) is 2. The molecular formula is C22H38O3S. The molecule has 0 aliphatic rings. The van der Waals surface area contributed by atoms with Crippen LogP contribution in [0, 0.1) is 0 Å². The highest BCUT2D eigenvalue weighted by atomic mass is 32.2. The van der Waals surface area contributed by atoms with Crippen molar-refractivity contribution in [3.05, 3.63) is 29.8 Å². The predicted molar refractivity (Wildman–Crippen MR) is 110 cm³/mol. The summed E-state index contributed by atoms with van der Waals surface area (Å²) in [6.45, 7) is 2.27. The van der Waals surface area contributed by atoms with E-state index in [0.29, 0.717) is 0 Å². The maximum atomic E-state index is 11.1. The molecule has 150 valence electrons. The van der Waals surface area contributed by atoms with Gasteiger partial charge in [-0.1, -0.05) is 103 Å². The van der Waals surface area contributed by atoms with Gasteiger partial charge in [0.2, 0.25) is 0 Å². The van der Waals surface area contributed by atoms with E-state index in [-0.39, 0.29) is 4.90 Å². The summed E-state index contributed by atoms with van der Waals surface area (Å²) < 4.78 is 31.4. The van der Waals surface area contributed by atoms with Crippen molar-refractivity contribution >= 4 is 10.1 Å². The lowest BCUT2D eigenvalue weighted by molar-refractivity contribution is 0.483. The van der Waals surface area contributed by atoms with E-state index in [9.17, 15) is 8.42 Å². The van der Waals surface area contributed by atoms with Gasteiger partial charge < -0.3 is 0 Å². The van der Waals surface area contributed by atoms with Crippen LogP contribution in [0.1, 0.15) is 102 Å². The van der Waals surface area contributed by atoms with Crippen LogP contribution in [0.3, 0.4) is 0 Å². The Labute approximate surface area is 161 Å². The molecule has 0 atom stereocenters. The third kappa shape index (κ3) is 11.7. The Morgan fingerprint density at radius 2 is 1.19 bits per heavy atom. The normalized spacial score (nSPS) is 11.8. The highest BCUT2D eigenvalue weighted by molar-refractivity contribution is 7.85. The van der Waals surface area contributed by atoms with E-state index in [1.807, 2.05) is 6.07 Å². The molecule has 0 aliphatic heterocycles. The number of rotatable bonds is 16. The van der Waals surface area contributed by atoms with Crippen LogP contribution < -0.4 is 0 Å². The lowest BCUT2D eigenvalue weighted by Gasteiger charge is -2.05. The van der Waals surface area contributed by atoms with Crippen LogP contribution in [0.4, 0.5) is 0 Å². The van der Waals surface area contributed by atoms with Gasteiger partial charge in [-0.2, -0.15) is 8.42 Å². The van der Waals surface area contributed by atoms with Gasteiger partial charge in [0.15, 0.2) is 0 Å². The highest BCUT2D eigenvalue weighted by Crippen LogP contribution is 2.16. The highest BCUT2D eigenvalue weighted by Gasteiger charge is 2.09. The van der Waals surface area contributed by atoms with E-state index >= 15 is 0 Å². The second-order valence-corrected chi connectivity index (χ2v) is 8.89. The Balaban J connectivity index is 1.94. The molecule has 4 heteroatoms. The fraction of sp³-hybridized carbons (Fsp3) is 0.727. The minimum absolute atomic E-state index is 0.000337. The molecule has 0 fully saturated rings. The third-order valence-electron chi connectivity index (χ3n) is 5.02. The smallest absolute Gasteiger partial charge is 0.282 e. The van der Waals surface area contributed by atoms with Crippen LogP contribution in [-0.2, 0) is 16.5 Å². The zero-order valence-electron chi connectivity index (χ0n) is 16.6. The van der Waals surface area contributed by atoms with Crippen LogP contribution >= 0.6 is 0 Å². The molecule has 0 aliphatic carbocycles. The molecule has 0 aromatic heterocycles. The Kier molecular flexibility index (Phi) is 12.7. The maximum absolute atomic E-state index is 11.1. The van der Waals surface area contributed by atoms with Crippen molar-refractivity contribution in [2.45, 2.75) is 108 Å². The van der Waals surface area contributed by atoms with Crippen molar-refractivity contribution in [3.63, 3.8) is 0 Å². The van der Waals surface area contributed by atoms with Crippen molar-refractivity contribution in [1.82, 2.24) is 0 Å². The molecule has 1 N–H and O–H groups in total. The first-order valence-electron chi connectivity index (χ1n) is 10.6. The van der Waals surface area contributed by atoms with Crippen molar-refractivity contribution in [3.8, 4) is 0 Å². The predicted octanol–water partition coefficient (Wildman–Crippen LogP) is 6.96. The number of aryl methyl sites for hydroxylation is 1. The van der Waals surface area contributed by atoms with Crippen molar-refractivity contribution in [2.24, 2.45) is 0 Å². The van der Waals surface area contributed by atoms with Gasteiger partial charge in [-0.25, -0.2) is 0 Å². The molecule has 1 aromatic carbocycles.